The molecule has 1 aromatic carbocycles. The van der Waals surface area contributed by atoms with Crippen LogP contribution in [0.2, 0.25) is 5.02 Å². The molecule has 8 heteroatoms. The van der Waals surface area contributed by atoms with Gasteiger partial charge in [0.1, 0.15) is 6.10 Å². The van der Waals surface area contributed by atoms with Crippen molar-refractivity contribution in [2.75, 3.05) is 46.3 Å². The van der Waals surface area contributed by atoms with E-state index in [4.69, 9.17) is 16.3 Å². The van der Waals surface area contributed by atoms with Crippen LogP contribution in [0.5, 0.6) is 0 Å². The van der Waals surface area contributed by atoms with Gasteiger partial charge in [-0.05, 0) is 44.0 Å². The normalized spacial score (nSPS) is 28.5. The fraction of sp³-hybridized carbons (Fsp3) is 0.565. The summed E-state index contributed by atoms with van der Waals surface area (Å²) in [6.45, 7) is 5.80. The van der Waals surface area contributed by atoms with Crippen molar-refractivity contribution in [3.05, 3.63) is 40.6 Å². The molecule has 0 radical (unpaired) electrons. The molecule has 0 aromatic heterocycles. The molecule has 4 rings (SSSR count). The largest absolute Gasteiger partial charge is 0.483 e. The Labute approximate surface area is 188 Å². The molecule has 2 N–H and O–H groups in total. The quantitative estimate of drug-likeness (QED) is 0.674. The smallest absolute Gasteiger partial charge is 0.286 e. The first-order valence-electron chi connectivity index (χ1n) is 11.1. The Kier molecular flexibility index (Phi) is 7.15. The molecular weight excluding hydrogens is 416 g/mol. The third kappa shape index (κ3) is 5.59. The van der Waals surface area contributed by atoms with Gasteiger partial charge in [-0.1, -0.05) is 29.8 Å². The van der Waals surface area contributed by atoms with Crippen molar-refractivity contribution in [3.8, 4) is 0 Å². The zero-order valence-corrected chi connectivity index (χ0v) is 18.7. The summed E-state index contributed by atoms with van der Waals surface area (Å²) < 4.78 is 6.01. The van der Waals surface area contributed by atoms with E-state index >= 15 is 0 Å². The molecule has 168 valence electrons. The van der Waals surface area contributed by atoms with Crippen LogP contribution in [0.3, 0.4) is 0 Å². The molecule has 2 saturated heterocycles. The highest BCUT2D eigenvalue weighted by molar-refractivity contribution is 6.32. The molecule has 3 unspecified atom stereocenters. The third-order valence-corrected chi connectivity index (χ3v) is 6.84. The highest BCUT2D eigenvalue weighted by atomic mass is 35.5. The monoisotopic (exact) mass is 446 g/mol. The number of hydrogen-bond donors (Lipinski definition) is 2. The van der Waals surface area contributed by atoms with E-state index in [1.54, 1.807) is 12.1 Å². The van der Waals surface area contributed by atoms with Crippen LogP contribution in [-0.2, 0) is 14.3 Å². The SMILES string of the molecule is CN1CCN(CCNC(=O)C2CCC3O/C(=C/c4ccccc4Cl)C(=O)NC3C2)CC1. The minimum absolute atomic E-state index is 0.0826. The van der Waals surface area contributed by atoms with E-state index in [0.717, 1.165) is 51.1 Å². The summed E-state index contributed by atoms with van der Waals surface area (Å²) in [4.78, 5) is 29.9. The molecule has 3 atom stereocenters. The maximum Gasteiger partial charge on any atom is 0.286 e. The van der Waals surface area contributed by atoms with Crippen molar-refractivity contribution in [3.63, 3.8) is 0 Å². The number of amides is 2. The number of carbonyl (C=O) groups excluding carboxylic acids is 2. The summed E-state index contributed by atoms with van der Waals surface area (Å²) >= 11 is 6.20. The van der Waals surface area contributed by atoms with Crippen molar-refractivity contribution in [1.29, 1.82) is 0 Å². The lowest BCUT2D eigenvalue weighted by atomic mass is 9.82. The summed E-state index contributed by atoms with van der Waals surface area (Å²) in [5, 5.41) is 6.70. The fourth-order valence-electron chi connectivity index (χ4n) is 4.52. The lowest BCUT2D eigenvalue weighted by Gasteiger charge is -2.39. The molecular formula is C23H31ClN4O3. The summed E-state index contributed by atoms with van der Waals surface area (Å²) in [6.07, 6.45) is 3.68. The molecule has 7 nitrogen and oxygen atoms in total. The van der Waals surface area contributed by atoms with Crippen molar-refractivity contribution in [2.24, 2.45) is 5.92 Å². The Hall–Kier alpha value is -2.09. The number of hydrogen-bond acceptors (Lipinski definition) is 5. The number of likely N-dealkylation sites (N-methyl/N-ethyl adjacent to an activating group) is 1. The average Bonchev–Trinajstić information content (AvgIpc) is 2.76. The van der Waals surface area contributed by atoms with E-state index in [-0.39, 0.29) is 35.6 Å². The number of halogens is 1. The Morgan fingerprint density at radius 1 is 1.26 bits per heavy atom. The van der Waals surface area contributed by atoms with Crippen molar-refractivity contribution >= 4 is 29.5 Å². The Morgan fingerprint density at radius 3 is 2.81 bits per heavy atom. The first kappa shape index (κ1) is 22.1. The Bertz CT molecular complexity index is 838. The third-order valence-electron chi connectivity index (χ3n) is 6.49. The fourth-order valence-corrected chi connectivity index (χ4v) is 4.71. The minimum atomic E-state index is -0.253. The van der Waals surface area contributed by atoms with E-state index in [9.17, 15) is 9.59 Å². The number of piperazine rings is 1. The van der Waals surface area contributed by atoms with Gasteiger partial charge in [-0.3, -0.25) is 14.5 Å². The second-order valence-electron chi connectivity index (χ2n) is 8.71. The number of carbonyl (C=O) groups is 2. The molecule has 1 saturated carbocycles. The first-order chi connectivity index (χ1) is 15.0. The summed E-state index contributed by atoms with van der Waals surface area (Å²) in [5.41, 5.74) is 0.751. The number of rotatable bonds is 5. The van der Waals surface area contributed by atoms with Gasteiger partial charge in [-0.15, -0.1) is 0 Å². The van der Waals surface area contributed by atoms with Gasteiger partial charge in [0.05, 0.1) is 6.04 Å². The van der Waals surface area contributed by atoms with Crippen LogP contribution in [0.1, 0.15) is 24.8 Å². The van der Waals surface area contributed by atoms with Crippen molar-refractivity contribution in [1.82, 2.24) is 20.4 Å². The topological polar surface area (TPSA) is 73.9 Å². The van der Waals surface area contributed by atoms with Crippen molar-refractivity contribution < 1.29 is 14.3 Å². The van der Waals surface area contributed by atoms with E-state index in [1.165, 1.54) is 0 Å². The summed E-state index contributed by atoms with van der Waals surface area (Å²) in [6, 6.07) is 7.21. The van der Waals surface area contributed by atoms with Gasteiger partial charge in [-0.2, -0.15) is 0 Å². The Balaban J connectivity index is 1.26. The van der Waals surface area contributed by atoms with Crippen LogP contribution in [0.4, 0.5) is 0 Å². The average molecular weight is 447 g/mol. The highest BCUT2D eigenvalue weighted by Crippen LogP contribution is 2.32. The number of nitrogens with one attached hydrogen (secondary N) is 2. The van der Waals surface area contributed by atoms with Gasteiger partial charge in [0.15, 0.2) is 5.76 Å². The van der Waals surface area contributed by atoms with Gasteiger partial charge in [0.25, 0.3) is 5.91 Å². The minimum Gasteiger partial charge on any atom is -0.483 e. The van der Waals surface area contributed by atoms with Crippen LogP contribution >= 0.6 is 11.6 Å². The van der Waals surface area contributed by atoms with E-state index in [1.807, 2.05) is 18.2 Å². The van der Waals surface area contributed by atoms with Crippen LogP contribution < -0.4 is 10.6 Å². The van der Waals surface area contributed by atoms with E-state index in [0.29, 0.717) is 18.0 Å². The summed E-state index contributed by atoms with van der Waals surface area (Å²) in [5.74, 6) is 0.0210. The molecule has 3 aliphatic rings. The van der Waals surface area contributed by atoms with Crippen LogP contribution in [0.25, 0.3) is 6.08 Å². The van der Waals surface area contributed by atoms with Gasteiger partial charge in [-0.25, -0.2) is 0 Å². The molecule has 1 aliphatic carbocycles. The molecule has 2 heterocycles. The standard InChI is InChI=1S/C23H31ClN4O3/c1-27-10-12-28(13-11-27)9-8-25-22(29)17-6-7-20-19(14-17)26-23(30)21(31-20)15-16-4-2-3-5-18(16)24/h2-5,15,17,19-20H,6-14H2,1H3,(H,25,29)(H,26,30)/b21-15+. The van der Waals surface area contributed by atoms with E-state index in [2.05, 4.69) is 27.5 Å². The number of nitrogens with zero attached hydrogens (tertiary/aromatic N) is 2. The molecule has 31 heavy (non-hydrogen) atoms. The number of benzene rings is 1. The Morgan fingerprint density at radius 2 is 2.03 bits per heavy atom. The molecule has 2 amide bonds. The molecule has 0 spiro atoms. The number of fused-ring (bicyclic) bond motifs is 1. The predicted molar refractivity (Wildman–Crippen MR) is 121 cm³/mol. The van der Waals surface area contributed by atoms with Crippen LogP contribution in [0.15, 0.2) is 30.0 Å². The zero-order valence-electron chi connectivity index (χ0n) is 18.0. The maximum atomic E-state index is 12.7. The lowest BCUT2D eigenvalue weighted by Crippen LogP contribution is -2.55. The maximum absolute atomic E-state index is 12.7. The van der Waals surface area contributed by atoms with Crippen LogP contribution in [0, 0.1) is 5.92 Å². The molecule has 3 fully saturated rings. The molecule has 2 aliphatic heterocycles. The molecule has 0 bridgehead atoms. The van der Waals surface area contributed by atoms with Crippen LogP contribution in [-0.4, -0.2) is 80.1 Å². The number of ether oxygens (including phenoxy) is 1. The zero-order chi connectivity index (χ0) is 21.8. The molecule has 1 aromatic rings. The van der Waals surface area contributed by atoms with E-state index < -0.39 is 0 Å². The highest BCUT2D eigenvalue weighted by Gasteiger charge is 2.40. The van der Waals surface area contributed by atoms with Gasteiger partial charge in [0.2, 0.25) is 5.91 Å². The van der Waals surface area contributed by atoms with Crippen molar-refractivity contribution in [2.45, 2.75) is 31.4 Å². The second kappa shape index (κ2) is 10.0. The first-order valence-corrected chi connectivity index (χ1v) is 11.5. The van der Waals surface area contributed by atoms with Gasteiger partial charge in [0, 0.05) is 50.2 Å². The second-order valence-corrected chi connectivity index (χ2v) is 9.12. The number of morpholine rings is 1. The predicted octanol–water partition coefficient (Wildman–Crippen LogP) is 1.73. The lowest BCUT2D eigenvalue weighted by molar-refractivity contribution is -0.134. The summed E-state index contributed by atoms with van der Waals surface area (Å²) in [7, 11) is 2.14. The van der Waals surface area contributed by atoms with Gasteiger partial charge < -0.3 is 20.3 Å². The van der Waals surface area contributed by atoms with Gasteiger partial charge >= 0.3 is 0 Å².